The summed E-state index contributed by atoms with van der Waals surface area (Å²) in [6.07, 6.45) is 8.44. The van der Waals surface area contributed by atoms with E-state index in [2.05, 4.69) is 25.3 Å². The van der Waals surface area contributed by atoms with Crippen molar-refractivity contribution < 1.29 is 14.3 Å². The quantitative estimate of drug-likeness (QED) is 0.373. The van der Waals surface area contributed by atoms with Crippen molar-refractivity contribution in [2.75, 3.05) is 19.4 Å². The highest BCUT2D eigenvalue weighted by Crippen LogP contribution is 2.46. The second-order valence-electron chi connectivity index (χ2n) is 6.14. The van der Waals surface area contributed by atoms with Crippen molar-refractivity contribution in [3.05, 3.63) is 67.0 Å². The number of ether oxygens (including phenoxy) is 2. The van der Waals surface area contributed by atoms with Crippen LogP contribution in [0.25, 0.3) is 0 Å². The summed E-state index contributed by atoms with van der Waals surface area (Å²) in [5, 5.41) is 2.35. The molecule has 3 nitrogen and oxygen atoms in total. The normalized spacial score (nSPS) is 19.9. The Balaban J connectivity index is 2.04. The lowest BCUT2D eigenvalue weighted by molar-refractivity contribution is -0.150. The van der Waals surface area contributed by atoms with Crippen LogP contribution >= 0.6 is 7.92 Å². The molecule has 0 bridgehead atoms. The van der Waals surface area contributed by atoms with Gasteiger partial charge in [0.15, 0.2) is 0 Å². The molecule has 0 spiro atoms. The van der Waals surface area contributed by atoms with Crippen LogP contribution < -0.4 is 5.30 Å². The average molecular weight is 358 g/mol. The molecule has 1 aliphatic rings. The Morgan fingerprint density at radius 3 is 2.76 bits per heavy atom. The van der Waals surface area contributed by atoms with Crippen molar-refractivity contribution in [1.29, 1.82) is 0 Å². The van der Waals surface area contributed by atoms with Gasteiger partial charge in [0, 0.05) is 6.61 Å². The Bertz CT molecular complexity index is 603. The maximum atomic E-state index is 12.4. The molecule has 0 saturated carbocycles. The van der Waals surface area contributed by atoms with Gasteiger partial charge in [-0.05, 0) is 37.5 Å². The van der Waals surface area contributed by atoms with Crippen molar-refractivity contribution in [3.63, 3.8) is 0 Å². The first-order valence-corrected chi connectivity index (χ1v) is 10.2. The second kappa shape index (κ2) is 10.3. The van der Waals surface area contributed by atoms with Gasteiger partial charge in [0.1, 0.15) is 6.61 Å². The SMILES string of the molecule is C=C/C=C(\C=C)P(CC(C)C(=O)OCC1CCCO1)c1ccccc1. The van der Waals surface area contributed by atoms with Gasteiger partial charge in [-0.15, -0.1) is 0 Å². The molecule has 25 heavy (non-hydrogen) atoms. The van der Waals surface area contributed by atoms with E-state index in [4.69, 9.17) is 9.47 Å². The van der Waals surface area contributed by atoms with Crippen LogP contribution in [0.2, 0.25) is 0 Å². The lowest BCUT2D eigenvalue weighted by Gasteiger charge is -2.23. The molecular formula is C21H27O3P. The monoisotopic (exact) mass is 358 g/mol. The fourth-order valence-electron chi connectivity index (χ4n) is 2.80. The standard InChI is InChI=1S/C21H27O3P/c1-4-10-19(5-2)25(20-12-7-6-8-13-20)16-17(3)21(22)24-15-18-11-9-14-23-18/h4-8,10,12-13,17-18H,1-2,9,11,14-16H2,3H3/b19-10+. The predicted molar refractivity (Wildman–Crippen MR) is 105 cm³/mol. The zero-order valence-electron chi connectivity index (χ0n) is 14.9. The first-order chi connectivity index (χ1) is 12.2. The molecule has 0 aliphatic carbocycles. The zero-order valence-corrected chi connectivity index (χ0v) is 15.8. The van der Waals surface area contributed by atoms with Gasteiger partial charge in [0.05, 0.1) is 12.0 Å². The summed E-state index contributed by atoms with van der Waals surface area (Å²) in [6, 6.07) is 10.3. The summed E-state index contributed by atoms with van der Waals surface area (Å²) >= 11 is 0. The Labute approximate surface area is 152 Å². The number of carbonyl (C=O) groups excluding carboxylic acids is 1. The minimum absolute atomic E-state index is 0.0659. The number of esters is 1. The Morgan fingerprint density at radius 1 is 1.40 bits per heavy atom. The fraction of sp³-hybridized carbons (Fsp3) is 0.381. The molecule has 3 unspecified atom stereocenters. The van der Waals surface area contributed by atoms with Gasteiger partial charge >= 0.3 is 5.97 Å². The number of benzene rings is 1. The minimum atomic E-state index is -0.678. The first kappa shape index (κ1) is 19.6. The first-order valence-electron chi connectivity index (χ1n) is 8.71. The van der Waals surface area contributed by atoms with Gasteiger partial charge in [-0.25, -0.2) is 0 Å². The number of hydrogen-bond donors (Lipinski definition) is 0. The second-order valence-corrected chi connectivity index (χ2v) is 8.40. The lowest BCUT2D eigenvalue weighted by atomic mass is 10.2. The van der Waals surface area contributed by atoms with E-state index in [1.54, 1.807) is 6.08 Å². The summed E-state index contributed by atoms with van der Waals surface area (Å²) in [6.45, 7) is 10.8. The van der Waals surface area contributed by atoms with E-state index in [0.29, 0.717) is 6.61 Å². The van der Waals surface area contributed by atoms with Crippen molar-refractivity contribution >= 4 is 19.2 Å². The van der Waals surface area contributed by atoms with Crippen LogP contribution in [0.4, 0.5) is 0 Å². The summed E-state index contributed by atoms with van der Waals surface area (Å²) < 4.78 is 11.0. The van der Waals surface area contributed by atoms with Gasteiger partial charge in [0.2, 0.25) is 0 Å². The van der Waals surface area contributed by atoms with E-state index in [-0.39, 0.29) is 18.0 Å². The Morgan fingerprint density at radius 2 is 2.16 bits per heavy atom. The molecule has 2 rings (SSSR count). The topological polar surface area (TPSA) is 35.5 Å². The maximum absolute atomic E-state index is 12.4. The third-order valence-electron chi connectivity index (χ3n) is 4.17. The van der Waals surface area contributed by atoms with Crippen LogP contribution in [-0.4, -0.2) is 31.4 Å². The highest BCUT2D eigenvalue weighted by molar-refractivity contribution is 7.70. The smallest absolute Gasteiger partial charge is 0.309 e. The lowest BCUT2D eigenvalue weighted by Crippen LogP contribution is -2.24. The Hall–Kier alpha value is -1.70. The number of hydrogen-bond acceptors (Lipinski definition) is 3. The van der Waals surface area contributed by atoms with Crippen LogP contribution in [-0.2, 0) is 14.3 Å². The van der Waals surface area contributed by atoms with Crippen LogP contribution in [0.1, 0.15) is 19.8 Å². The van der Waals surface area contributed by atoms with Crippen LogP contribution in [0.3, 0.4) is 0 Å². The number of carbonyl (C=O) groups is 1. The van der Waals surface area contributed by atoms with E-state index in [1.807, 2.05) is 37.3 Å². The predicted octanol–water partition coefficient (Wildman–Crippen LogP) is 4.41. The fourth-order valence-corrected chi connectivity index (χ4v) is 5.25. The zero-order chi connectivity index (χ0) is 18.1. The largest absolute Gasteiger partial charge is 0.463 e. The van der Waals surface area contributed by atoms with E-state index < -0.39 is 7.92 Å². The van der Waals surface area contributed by atoms with Gasteiger partial charge < -0.3 is 9.47 Å². The van der Waals surface area contributed by atoms with Crippen molar-refractivity contribution in [1.82, 2.24) is 0 Å². The summed E-state index contributed by atoms with van der Waals surface area (Å²) in [4.78, 5) is 12.4. The molecule has 0 N–H and O–H groups in total. The third-order valence-corrected chi connectivity index (χ3v) is 6.96. The highest BCUT2D eigenvalue weighted by atomic mass is 31.1. The molecule has 0 radical (unpaired) electrons. The minimum Gasteiger partial charge on any atom is -0.463 e. The maximum Gasteiger partial charge on any atom is 0.309 e. The number of rotatable bonds is 9. The molecule has 1 saturated heterocycles. The molecule has 134 valence electrons. The molecule has 0 amide bonds. The molecule has 1 heterocycles. The molecule has 1 fully saturated rings. The van der Waals surface area contributed by atoms with Crippen molar-refractivity contribution in [2.45, 2.75) is 25.9 Å². The van der Waals surface area contributed by atoms with E-state index in [1.165, 1.54) is 5.30 Å². The molecule has 4 heteroatoms. The molecule has 0 aromatic heterocycles. The van der Waals surface area contributed by atoms with Gasteiger partial charge in [-0.1, -0.05) is 68.6 Å². The number of allylic oxidation sites excluding steroid dienone is 4. The van der Waals surface area contributed by atoms with E-state index in [0.717, 1.165) is 30.9 Å². The Kier molecular flexibility index (Phi) is 8.11. The summed E-state index contributed by atoms with van der Waals surface area (Å²) in [7, 11) is -0.678. The van der Waals surface area contributed by atoms with Crippen molar-refractivity contribution in [2.24, 2.45) is 5.92 Å². The van der Waals surface area contributed by atoms with E-state index >= 15 is 0 Å². The highest BCUT2D eigenvalue weighted by Gasteiger charge is 2.24. The van der Waals surface area contributed by atoms with Crippen molar-refractivity contribution in [3.8, 4) is 0 Å². The van der Waals surface area contributed by atoms with Gasteiger partial charge in [-0.3, -0.25) is 4.79 Å². The molecule has 3 atom stereocenters. The average Bonchev–Trinajstić information content (AvgIpc) is 3.16. The molecule has 1 aromatic carbocycles. The van der Waals surface area contributed by atoms with Gasteiger partial charge in [0.25, 0.3) is 0 Å². The molecule has 1 aromatic rings. The van der Waals surface area contributed by atoms with Crippen LogP contribution in [0.5, 0.6) is 0 Å². The third kappa shape index (κ3) is 5.95. The van der Waals surface area contributed by atoms with Gasteiger partial charge in [-0.2, -0.15) is 0 Å². The summed E-state index contributed by atoms with van der Waals surface area (Å²) in [5.41, 5.74) is 0. The van der Waals surface area contributed by atoms with Crippen LogP contribution in [0, 0.1) is 5.92 Å². The van der Waals surface area contributed by atoms with Crippen LogP contribution in [0.15, 0.2) is 67.0 Å². The van der Waals surface area contributed by atoms with E-state index in [9.17, 15) is 4.79 Å². The molecule has 1 aliphatic heterocycles. The molecular weight excluding hydrogens is 331 g/mol. The summed E-state index contributed by atoms with van der Waals surface area (Å²) in [5.74, 6) is -0.332.